The molecule has 2 N–H and O–H groups in total. The quantitative estimate of drug-likeness (QED) is 0.819. The van der Waals surface area contributed by atoms with E-state index in [-0.39, 0.29) is 17.7 Å². The summed E-state index contributed by atoms with van der Waals surface area (Å²) >= 11 is 0. The number of urea groups is 1. The summed E-state index contributed by atoms with van der Waals surface area (Å²) in [5.74, 6) is -1.01. The topological polar surface area (TPSA) is 87.7 Å². The lowest BCUT2D eigenvalue weighted by Crippen LogP contribution is -2.59. The molecule has 25 heavy (non-hydrogen) atoms. The zero-order chi connectivity index (χ0) is 18.7. The van der Waals surface area contributed by atoms with Crippen molar-refractivity contribution in [3.05, 3.63) is 24.3 Å². The van der Waals surface area contributed by atoms with Crippen LogP contribution in [0.25, 0.3) is 0 Å². The van der Waals surface area contributed by atoms with Crippen LogP contribution in [0.1, 0.15) is 27.7 Å². The second-order valence-electron chi connectivity index (χ2n) is 6.76. The molecule has 0 spiro atoms. The lowest BCUT2D eigenvalue weighted by Gasteiger charge is -2.39. The fraction of sp³-hybridized carbons (Fsp3) is 0.500. The number of hydrogen-bond acceptors (Lipinski definition) is 4. The van der Waals surface area contributed by atoms with Crippen molar-refractivity contribution in [1.29, 1.82) is 0 Å². The first-order valence-electron chi connectivity index (χ1n) is 8.35. The molecule has 2 atom stereocenters. The Morgan fingerprint density at radius 3 is 2.40 bits per heavy atom. The molecule has 2 unspecified atom stereocenters. The van der Waals surface area contributed by atoms with E-state index in [0.717, 1.165) is 0 Å². The summed E-state index contributed by atoms with van der Waals surface area (Å²) in [6.45, 7) is 7.38. The van der Waals surface area contributed by atoms with Crippen molar-refractivity contribution in [3.63, 3.8) is 0 Å². The minimum atomic E-state index is -0.789. The zero-order valence-corrected chi connectivity index (χ0v) is 15.2. The summed E-state index contributed by atoms with van der Waals surface area (Å²) in [5, 5.41) is 5.55. The van der Waals surface area contributed by atoms with E-state index < -0.39 is 24.1 Å². The zero-order valence-electron chi connectivity index (χ0n) is 15.2. The summed E-state index contributed by atoms with van der Waals surface area (Å²) in [6.07, 6.45) is 0. The first-order chi connectivity index (χ1) is 11.8. The molecular weight excluding hydrogens is 322 g/mol. The van der Waals surface area contributed by atoms with E-state index in [1.165, 1.54) is 12.0 Å². The first kappa shape index (κ1) is 18.8. The number of anilines is 2. The van der Waals surface area contributed by atoms with E-state index in [9.17, 15) is 14.4 Å². The Morgan fingerprint density at radius 1 is 1.20 bits per heavy atom. The summed E-state index contributed by atoms with van der Waals surface area (Å²) in [5.41, 5.74) is 1.17. The van der Waals surface area contributed by atoms with Crippen molar-refractivity contribution in [2.75, 3.05) is 17.3 Å². The van der Waals surface area contributed by atoms with Gasteiger partial charge in [0.2, 0.25) is 5.91 Å². The second kappa shape index (κ2) is 7.55. The molecule has 2 rings (SSSR count). The Hall–Kier alpha value is -2.57. The lowest BCUT2D eigenvalue weighted by molar-refractivity contribution is -0.143. The minimum absolute atomic E-state index is 0.102. The van der Waals surface area contributed by atoms with Crippen molar-refractivity contribution in [1.82, 2.24) is 5.32 Å². The fourth-order valence-electron chi connectivity index (χ4n) is 2.93. The molecule has 0 bridgehead atoms. The smallest absolute Gasteiger partial charge is 0.328 e. The molecule has 0 saturated heterocycles. The van der Waals surface area contributed by atoms with Crippen molar-refractivity contribution in [3.8, 4) is 0 Å². The van der Waals surface area contributed by atoms with Gasteiger partial charge in [-0.2, -0.15) is 0 Å². The Kier molecular flexibility index (Phi) is 5.66. The molecule has 1 aliphatic rings. The van der Waals surface area contributed by atoms with Crippen LogP contribution in [-0.4, -0.2) is 37.1 Å². The van der Waals surface area contributed by atoms with E-state index in [1.807, 2.05) is 27.7 Å². The molecule has 0 aliphatic carbocycles. The SMILES string of the molecule is COC(=O)C(NC(=O)N1c2ccccc2NC(=O)C1C(C)C)C(C)C. The van der Waals surface area contributed by atoms with Crippen molar-refractivity contribution < 1.29 is 19.1 Å². The van der Waals surface area contributed by atoms with Gasteiger partial charge < -0.3 is 15.4 Å². The maximum Gasteiger partial charge on any atom is 0.328 e. The third-order valence-electron chi connectivity index (χ3n) is 4.22. The first-order valence-corrected chi connectivity index (χ1v) is 8.35. The van der Waals surface area contributed by atoms with Crippen molar-refractivity contribution in [2.45, 2.75) is 39.8 Å². The molecule has 7 heteroatoms. The molecule has 0 fully saturated rings. The van der Waals surface area contributed by atoms with Gasteiger partial charge in [-0.3, -0.25) is 9.69 Å². The van der Waals surface area contributed by atoms with E-state index >= 15 is 0 Å². The van der Waals surface area contributed by atoms with Gasteiger partial charge in [-0.25, -0.2) is 9.59 Å². The predicted octanol–water partition coefficient (Wildman–Crippen LogP) is 2.38. The van der Waals surface area contributed by atoms with Crippen LogP contribution in [0.4, 0.5) is 16.2 Å². The average molecular weight is 347 g/mol. The Balaban J connectivity index is 2.40. The number of nitrogens with one attached hydrogen (secondary N) is 2. The Morgan fingerprint density at radius 2 is 1.84 bits per heavy atom. The van der Waals surface area contributed by atoms with E-state index in [4.69, 9.17) is 4.74 Å². The van der Waals surface area contributed by atoms with Crippen LogP contribution in [0.3, 0.4) is 0 Å². The van der Waals surface area contributed by atoms with Gasteiger partial charge in [0.05, 0.1) is 18.5 Å². The lowest BCUT2D eigenvalue weighted by atomic mass is 9.97. The van der Waals surface area contributed by atoms with Crippen LogP contribution in [0.15, 0.2) is 24.3 Å². The Labute approximate surface area is 147 Å². The number of carbonyl (C=O) groups is 3. The summed E-state index contributed by atoms with van der Waals surface area (Å²) in [6, 6.07) is 5.15. The summed E-state index contributed by atoms with van der Waals surface area (Å²) < 4.78 is 4.78. The van der Waals surface area contributed by atoms with Crippen molar-refractivity contribution in [2.24, 2.45) is 11.8 Å². The highest BCUT2D eigenvalue weighted by Crippen LogP contribution is 2.34. The van der Waals surface area contributed by atoms with Crippen LogP contribution in [0, 0.1) is 11.8 Å². The molecule has 136 valence electrons. The van der Waals surface area contributed by atoms with Gasteiger partial charge in [0, 0.05) is 0 Å². The van der Waals surface area contributed by atoms with Gasteiger partial charge in [-0.05, 0) is 24.0 Å². The molecule has 1 aliphatic heterocycles. The van der Waals surface area contributed by atoms with E-state index in [0.29, 0.717) is 11.4 Å². The molecule has 0 aromatic heterocycles. The third kappa shape index (κ3) is 3.75. The van der Waals surface area contributed by atoms with Crippen LogP contribution in [0.2, 0.25) is 0 Å². The number of methoxy groups -OCH3 is 1. The normalized spacial score (nSPS) is 17.8. The highest BCUT2D eigenvalue weighted by Gasteiger charge is 2.40. The van der Waals surface area contributed by atoms with Crippen LogP contribution < -0.4 is 15.5 Å². The molecule has 1 aromatic carbocycles. The van der Waals surface area contributed by atoms with Crippen molar-refractivity contribution >= 4 is 29.3 Å². The monoisotopic (exact) mass is 347 g/mol. The predicted molar refractivity (Wildman–Crippen MR) is 95.4 cm³/mol. The Bertz CT molecular complexity index is 672. The number of benzene rings is 1. The molecular formula is C18H25N3O4. The van der Waals surface area contributed by atoms with E-state index in [2.05, 4.69) is 10.6 Å². The van der Waals surface area contributed by atoms with Gasteiger partial charge in [0.25, 0.3) is 0 Å². The molecule has 1 aromatic rings. The van der Waals surface area contributed by atoms with E-state index in [1.54, 1.807) is 24.3 Å². The number of hydrogen-bond donors (Lipinski definition) is 2. The molecule has 0 saturated carbocycles. The maximum absolute atomic E-state index is 13.0. The largest absolute Gasteiger partial charge is 0.467 e. The van der Waals surface area contributed by atoms with Gasteiger partial charge in [-0.15, -0.1) is 0 Å². The number of esters is 1. The molecule has 1 heterocycles. The summed E-state index contributed by atoms with van der Waals surface area (Å²) in [4.78, 5) is 38.9. The maximum atomic E-state index is 13.0. The van der Waals surface area contributed by atoms with Gasteiger partial charge >= 0.3 is 12.0 Å². The molecule has 3 amide bonds. The molecule has 0 radical (unpaired) electrons. The number of fused-ring (bicyclic) bond motifs is 1. The highest BCUT2D eigenvalue weighted by molar-refractivity contribution is 6.12. The van der Waals surface area contributed by atoms with Crippen LogP contribution >= 0.6 is 0 Å². The van der Waals surface area contributed by atoms with Crippen LogP contribution in [-0.2, 0) is 14.3 Å². The number of nitrogens with zero attached hydrogens (tertiary/aromatic N) is 1. The van der Waals surface area contributed by atoms with Gasteiger partial charge in [-0.1, -0.05) is 39.8 Å². The van der Waals surface area contributed by atoms with Gasteiger partial charge in [0.1, 0.15) is 12.1 Å². The number of ether oxygens (including phenoxy) is 1. The minimum Gasteiger partial charge on any atom is -0.467 e. The number of carbonyl (C=O) groups excluding carboxylic acids is 3. The van der Waals surface area contributed by atoms with Gasteiger partial charge in [0.15, 0.2) is 0 Å². The average Bonchev–Trinajstić information content (AvgIpc) is 2.56. The molecule has 7 nitrogen and oxygen atoms in total. The number of para-hydroxylation sites is 2. The standard InChI is InChI=1S/C18H25N3O4/c1-10(2)14(17(23)25-5)20-18(24)21-13-9-7-6-8-12(13)19-16(22)15(21)11(3)4/h6-11,14-15H,1-5H3,(H,19,22)(H,20,24). The van der Waals surface area contributed by atoms with Crippen LogP contribution in [0.5, 0.6) is 0 Å². The second-order valence-corrected chi connectivity index (χ2v) is 6.76. The number of amides is 3. The number of rotatable bonds is 4. The summed E-state index contributed by atoms with van der Waals surface area (Å²) in [7, 11) is 1.28. The third-order valence-corrected chi connectivity index (χ3v) is 4.22. The fourth-order valence-corrected chi connectivity index (χ4v) is 2.93. The highest BCUT2D eigenvalue weighted by atomic mass is 16.5.